The van der Waals surface area contributed by atoms with Crippen molar-refractivity contribution in [2.24, 2.45) is 18.1 Å². The minimum atomic E-state index is -4.95. The molecule has 0 fully saturated rings. The highest BCUT2D eigenvalue weighted by Crippen LogP contribution is 2.81. The van der Waals surface area contributed by atoms with Gasteiger partial charge in [-0.05, 0) is 92.5 Å². The van der Waals surface area contributed by atoms with Crippen molar-refractivity contribution in [3.05, 3.63) is 111 Å². The highest BCUT2D eigenvalue weighted by molar-refractivity contribution is 9.11. The molecular formula is C48H65Br3N4O22P4. The van der Waals surface area contributed by atoms with E-state index in [1.165, 1.54) is 48.5 Å². The first kappa shape index (κ1) is 72.7. The number of esters is 7. The van der Waals surface area contributed by atoms with Gasteiger partial charge in [-0.1, -0.05) is 62.0 Å². The van der Waals surface area contributed by atoms with Crippen LogP contribution in [0.4, 0.5) is 0 Å². The number of nitrogens with zero attached hydrogens (tertiary/aromatic N) is 4. The van der Waals surface area contributed by atoms with Crippen LogP contribution in [0.15, 0.2) is 129 Å². The number of hydrogen-bond acceptors (Lipinski definition) is 26. The van der Waals surface area contributed by atoms with Crippen LogP contribution in [0, 0.1) is 0 Å². The summed E-state index contributed by atoms with van der Waals surface area (Å²) in [6.45, 7) is 26.9. The summed E-state index contributed by atoms with van der Waals surface area (Å²) in [6, 6.07) is 3.15. The second kappa shape index (κ2) is 35.6. The molecule has 33 heteroatoms. The average molecular weight is 1410 g/mol. The molecule has 81 heavy (non-hydrogen) atoms. The van der Waals surface area contributed by atoms with Gasteiger partial charge in [-0.2, -0.15) is 0 Å². The molecular weight excluding hydrogens is 1350 g/mol. The fourth-order valence-electron chi connectivity index (χ4n) is 4.81. The molecule has 0 saturated carbocycles. The Morgan fingerprint density at radius 2 is 0.506 bits per heavy atom. The van der Waals surface area contributed by atoms with Crippen LogP contribution in [0.1, 0.15) is 48.5 Å². The molecule has 26 nitrogen and oxygen atoms in total. The Morgan fingerprint density at radius 3 is 0.704 bits per heavy atom. The molecule has 1 unspecified atom stereocenters. The molecule has 1 aliphatic heterocycles. The van der Waals surface area contributed by atoms with E-state index in [1.807, 2.05) is 0 Å². The summed E-state index contributed by atoms with van der Waals surface area (Å²) in [5, 5.41) is 0. The number of carbonyl (C=O) groups excluding carboxylic acids is 7. The van der Waals surface area contributed by atoms with Crippen LogP contribution >= 0.6 is 78.4 Å². The zero-order chi connectivity index (χ0) is 61.1. The SMILES string of the molecule is C=C(C)C(=O)OCCOP1(OCCOC(=O)C(=C)C)=NP(OCCOC(=O)C(=C)C)(OCCOC(=O)C(=C)C)=NP(OCCOC(=O)C(=C)C)(Oc2c(Br)cc(Br)cc2Br)=NP(OCCOC(=O)C(=C)C)(OCCOC(=O)C(=C)C)=N1. The first-order valence-electron chi connectivity index (χ1n) is 23.6. The maximum atomic E-state index is 12.8. The standard InChI is InChI=1S/C48H65Br3N4O22P4/c1-31(2)42(56)63-15-22-70-78(71-23-16-64-43(57)32(3)4)52-79(72-24-17-65-44(58)33(5)6,73-25-18-66-45(59)34(7)8)54-81(76-28-21-69-48(62)37(13)14,77-41-39(50)29-38(49)30-40(41)51)55-80(53-78,74-26-19-67-46(60)35(9)10)75-27-20-68-47(61)36(11)12/h29-30H,1,3,5,7,9,11,13,15-28H2,2,4,6,8,10,12,14H3. The number of rotatable bonds is 37. The van der Waals surface area contributed by atoms with Crippen molar-refractivity contribution in [1.82, 2.24) is 0 Å². The number of hydrogen-bond donors (Lipinski definition) is 0. The zero-order valence-corrected chi connectivity index (χ0v) is 54.0. The van der Waals surface area contributed by atoms with Crippen LogP contribution in [0.2, 0.25) is 0 Å². The number of halogens is 3. The van der Waals surface area contributed by atoms with Crippen LogP contribution in [0.25, 0.3) is 0 Å². The van der Waals surface area contributed by atoms with Gasteiger partial charge in [0.05, 0.1) is 55.2 Å². The van der Waals surface area contributed by atoms with Gasteiger partial charge in [-0.25, -0.2) is 33.6 Å². The number of ether oxygens (including phenoxy) is 7. The Hall–Kier alpha value is -4.43. The van der Waals surface area contributed by atoms with E-state index < -0.39 is 165 Å². The Bertz CT molecular complexity index is 2670. The summed E-state index contributed by atoms with van der Waals surface area (Å²) in [5.74, 6) is -5.88. The molecule has 1 atom stereocenters. The molecule has 0 bridgehead atoms. The van der Waals surface area contributed by atoms with Crippen LogP contribution in [-0.4, -0.2) is 134 Å². The summed E-state index contributed by atoms with van der Waals surface area (Å²) in [5.41, 5.74) is 0.149. The van der Waals surface area contributed by atoms with Crippen molar-refractivity contribution in [2.75, 3.05) is 92.5 Å². The lowest BCUT2D eigenvalue weighted by Crippen LogP contribution is -2.16. The van der Waals surface area contributed by atoms with Gasteiger partial charge in [0.25, 0.3) is 0 Å². The summed E-state index contributed by atoms with van der Waals surface area (Å²) in [7, 11) is -19.6. The fraction of sp³-hybridized carbons (Fsp3) is 0.438. The predicted molar refractivity (Wildman–Crippen MR) is 310 cm³/mol. The van der Waals surface area contributed by atoms with E-state index >= 15 is 0 Å². The molecule has 1 aromatic carbocycles. The van der Waals surface area contributed by atoms with E-state index in [0.29, 0.717) is 4.47 Å². The van der Waals surface area contributed by atoms with Gasteiger partial charge >= 0.3 is 72.4 Å². The third-order valence-electron chi connectivity index (χ3n) is 8.55. The molecule has 2 rings (SSSR count). The number of carbonyl (C=O) groups is 7. The molecule has 1 aromatic rings. The molecule has 450 valence electrons. The molecule has 0 saturated heterocycles. The van der Waals surface area contributed by atoms with Crippen molar-refractivity contribution in [2.45, 2.75) is 48.5 Å². The molecule has 1 aliphatic rings. The van der Waals surface area contributed by atoms with Gasteiger partial charge in [-0.3, -0.25) is 4.52 Å². The van der Waals surface area contributed by atoms with Crippen molar-refractivity contribution in [3.63, 3.8) is 0 Å². The van der Waals surface area contributed by atoms with E-state index in [1.54, 1.807) is 12.1 Å². The third-order valence-corrected chi connectivity index (χ3v) is 21.5. The van der Waals surface area contributed by atoms with E-state index in [9.17, 15) is 33.6 Å². The first-order chi connectivity index (χ1) is 37.9. The molecule has 0 aromatic heterocycles. The zero-order valence-electron chi connectivity index (χ0n) is 45.7. The average Bonchev–Trinajstić information content (AvgIpc) is 3.38. The minimum absolute atomic E-state index is 0.0182. The molecule has 0 amide bonds. The monoisotopic (exact) mass is 1410 g/mol. The van der Waals surface area contributed by atoms with Gasteiger partial charge in [0, 0.05) is 43.5 Å². The van der Waals surface area contributed by atoms with Gasteiger partial charge < -0.3 is 64.8 Å². The molecule has 1 heterocycles. The Balaban J connectivity index is 3.57. The Labute approximate surface area is 495 Å². The molecule has 0 N–H and O–H groups in total. The highest BCUT2D eigenvalue weighted by Gasteiger charge is 2.45. The second-order valence-electron chi connectivity index (χ2n) is 16.4. The summed E-state index contributed by atoms with van der Waals surface area (Å²) >= 11 is 10.5. The normalized spacial score (nSPS) is 15.5. The van der Waals surface area contributed by atoms with Crippen LogP contribution in [0.3, 0.4) is 0 Å². The van der Waals surface area contributed by atoms with E-state index in [2.05, 4.69) is 93.8 Å². The highest BCUT2D eigenvalue weighted by atomic mass is 79.9. The Morgan fingerprint density at radius 1 is 0.333 bits per heavy atom. The smallest absolute Gasteiger partial charge is 0.402 e. The molecule has 0 aliphatic carbocycles. The van der Waals surface area contributed by atoms with Gasteiger partial charge in [0.15, 0.2) is 5.75 Å². The molecule has 0 radical (unpaired) electrons. The molecule has 0 spiro atoms. The minimum Gasteiger partial charge on any atom is -0.460 e. The topological polar surface area (TPSA) is 307 Å². The lowest BCUT2D eigenvalue weighted by Gasteiger charge is -2.33. The van der Waals surface area contributed by atoms with E-state index in [4.69, 9.17) is 87.4 Å². The van der Waals surface area contributed by atoms with E-state index in [0.717, 1.165) is 0 Å². The summed E-state index contributed by atoms with van der Waals surface area (Å²) < 4.78 is 111. The fourth-order valence-corrected chi connectivity index (χ4v) is 20.0. The lowest BCUT2D eigenvalue weighted by molar-refractivity contribution is -0.140. The van der Waals surface area contributed by atoms with Crippen molar-refractivity contribution in [3.8, 4) is 5.75 Å². The quantitative estimate of drug-likeness (QED) is 0.0196. The van der Waals surface area contributed by atoms with Crippen molar-refractivity contribution < 1.29 is 103 Å². The van der Waals surface area contributed by atoms with Crippen LogP contribution in [-0.2, 0) is 98.4 Å². The Kier molecular flexibility index (Phi) is 32.0. The second-order valence-corrected chi connectivity index (χ2v) is 27.8. The van der Waals surface area contributed by atoms with Gasteiger partial charge in [-0.15, -0.1) is 18.1 Å². The largest absolute Gasteiger partial charge is 0.460 e. The van der Waals surface area contributed by atoms with E-state index in [-0.39, 0.29) is 53.7 Å². The number of benzene rings is 1. The van der Waals surface area contributed by atoms with Crippen LogP contribution in [0.5, 0.6) is 5.75 Å². The predicted octanol–water partition coefficient (Wildman–Crippen LogP) is 12.1. The first-order valence-corrected chi connectivity index (χ1v) is 32.1. The summed E-state index contributed by atoms with van der Waals surface area (Å²) in [6.07, 6.45) is 0. The van der Waals surface area contributed by atoms with Gasteiger partial charge in [0.2, 0.25) is 0 Å². The van der Waals surface area contributed by atoms with Gasteiger partial charge in [0.1, 0.15) is 46.2 Å². The third kappa shape index (κ3) is 26.4. The summed E-state index contributed by atoms with van der Waals surface area (Å²) in [4.78, 5) is 89.0. The maximum absolute atomic E-state index is 12.8. The van der Waals surface area contributed by atoms with Crippen molar-refractivity contribution in [1.29, 1.82) is 0 Å². The lowest BCUT2D eigenvalue weighted by atomic mass is 10.3. The van der Waals surface area contributed by atoms with Crippen molar-refractivity contribution >= 4 is 120 Å². The van der Waals surface area contributed by atoms with Crippen LogP contribution < -0.4 is 4.52 Å². The maximum Gasteiger partial charge on any atom is 0.402 e.